The molecule has 5 rings (SSSR count). The van der Waals surface area contributed by atoms with Crippen molar-refractivity contribution in [3.63, 3.8) is 0 Å². The van der Waals surface area contributed by atoms with Gasteiger partial charge in [-0.2, -0.15) is 5.21 Å². The van der Waals surface area contributed by atoms with Gasteiger partial charge in [-0.05, 0) is 104 Å². The van der Waals surface area contributed by atoms with E-state index in [0.717, 1.165) is 67.6 Å². The van der Waals surface area contributed by atoms with Crippen LogP contribution in [0.1, 0.15) is 55.5 Å². The van der Waals surface area contributed by atoms with Crippen molar-refractivity contribution < 1.29 is 14.4 Å². The lowest BCUT2D eigenvalue weighted by Gasteiger charge is -2.28. The molecule has 12 nitrogen and oxygen atoms in total. The molecule has 0 radical (unpaired) electrons. The second kappa shape index (κ2) is 19.3. The molecule has 14 heteroatoms. The zero-order chi connectivity index (χ0) is 35.5. The summed E-state index contributed by atoms with van der Waals surface area (Å²) in [4.78, 5) is 42.0. The zero-order valence-corrected chi connectivity index (χ0v) is 30.6. The number of nitrogens with one attached hydrogen (secondary N) is 4. The number of nitrogens with two attached hydrogens (primary N) is 1. The standard InChI is InChI=1S/C37H46ClN9O3.ClH/c1-3-47(4-2)20-19-40-35(48)29-15-18-31(32(38)22-29)26-9-5-24(6-10-26)21-33(42-36(49)28-11-7-25(23-39)8-12-28)37(50)41-30-16-13-27(14-17-30)34-43-45-46-44-34;/h5-6,9-10,13-18,22,25,28,33H,3-4,7-8,11-12,19-21,23,39H2,1-2H3,(H,40,48)(H,41,50)(H,42,49)(H,43,44,45,46);1H/t25?,28?,33-;/m0./s1. The number of halogens is 2. The van der Waals surface area contributed by atoms with Crippen LogP contribution in [-0.4, -0.2) is 82.0 Å². The molecule has 1 aliphatic rings. The van der Waals surface area contributed by atoms with Crippen LogP contribution in [0, 0.1) is 11.8 Å². The molecule has 51 heavy (non-hydrogen) atoms. The number of carbonyl (C=O) groups excluding carboxylic acids is 3. The molecule has 0 saturated heterocycles. The van der Waals surface area contributed by atoms with Gasteiger partial charge in [0, 0.05) is 52.8 Å². The number of hydrogen-bond donors (Lipinski definition) is 5. The summed E-state index contributed by atoms with van der Waals surface area (Å²) < 4.78 is 0. The molecule has 272 valence electrons. The minimum atomic E-state index is -0.805. The number of tetrazole rings is 1. The van der Waals surface area contributed by atoms with E-state index in [9.17, 15) is 14.4 Å². The van der Waals surface area contributed by atoms with E-state index in [1.54, 1.807) is 36.4 Å². The number of rotatable bonds is 15. The van der Waals surface area contributed by atoms with E-state index in [2.05, 4.69) is 55.3 Å². The van der Waals surface area contributed by atoms with Gasteiger partial charge in [0.2, 0.25) is 17.6 Å². The summed E-state index contributed by atoms with van der Waals surface area (Å²) in [5.41, 5.74) is 10.2. The fraction of sp³-hybridized carbons (Fsp3) is 0.405. The van der Waals surface area contributed by atoms with E-state index in [-0.39, 0.29) is 42.5 Å². The van der Waals surface area contributed by atoms with Crippen molar-refractivity contribution in [3.8, 4) is 22.5 Å². The van der Waals surface area contributed by atoms with Crippen LogP contribution in [0.2, 0.25) is 5.02 Å². The number of likely N-dealkylation sites (N-methyl/N-ethyl adjacent to an activating group) is 1. The van der Waals surface area contributed by atoms with Gasteiger partial charge < -0.3 is 26.6 Å². The van der Waals surface area contributed by atoms with Crippen molar-refractivity contribution in [3.05, 3.63) is 82.9 Å². The number of H-pyrrole nitrogens is 1. The molecule has 4 aromatic rings. The van der Waals surface area contributed by atoms with Crippen LogP contribution in [0.3, 0.4) is 0 Å². The largest absolute Gasteiger partial charge is 0.351 e. The Balaban J connectivity index is 0.00000583. The molecule has 3 aromatic carbocycles. The maximum atomic E-state index is 13.7. The lowest BCUT2D eigenvalue weighted by atomic mass is 9.81. The molecule has 1 heterocycles. The van der Waals surface area contributed by atoms with Crippen LogP contribution in [0.5, 0.6) is 0 Å². The van der Waals surface area contributed by atoms with E-state index in [1.807, 2.05) is 30.3 Å². The number of nitrogens with zero attached hydrogens (tertiary/aromatic N) is 4. The fourth-order valence-corrected chi connectivity index (χ4v) is 6.58. The van der Waals surface area contributed by atoms with Crippen molar-refractivity contribution in [2.75, 3.05) is 38.0 Å². The summed E-state index contributed by atoms with van der Waals surface area (Å²) in [6.45, 7) is 8.04. The monoisotopic (exact) mass is 735 g/mol. The predicted octanol–water partition coefficient (Wildman–Crippen LogP) is 5.11. The quantitative estimate of drug-likeness (QED) is 0.112. The van der Waals surface area contributed by atoms with Crippen LogP contribution < -0.4 is 21.7 Å². The molecule has 6 N–H and O–H groups in total. The third-order valence-corrected chi connectivity index (χ3v) is 9.80. The second-order valence-electron chi connectivity index (χ2n) is 12.7. The lowest BCUT2D eigenvalue weighted by molar-refractivity contribution is -0.130. The number of aromatic nitrogens is 4. The summed E-state index contributed by atoms with van der Waals surface area (Å²) in [6, 6.07) is 19.3. The molecule has 0 bridgehead atoms. The minimum absolute atomic E-state index is 0. The SMILES string of the molecule is CCN(CC)CCNC(=O)c1ccc(-c2ccc(C[C@H](NC(=O)C3CCC(CN)CC3)C(=O)Nc3ccc(-c4nn[nH]n4)cc3)cc2)c(Cl)c1.Cl. The summed E-state index contributed by atoms with van der Waals surface area (Å²) in [5.74, 6) is 0.136. The Hall–Kier alpha value is -4.36. The van der Waals surface area contributed by atoms with E-state index in [4.69, 9.17) is 17.3 Å². The zero-order valence-electron chi connectivity index (χ0n) is 29.0. The number of benzene rings is 3. The summed E-state index contributed by atoms with van der Waals surface area (Å²) in [7, 11) is 0. The first-order chi connectivity index (χ1) is 24.3. The third-order valence-electron chi connectivity index (χ3n) is 9.48. The van der Waals surface area contributed by atoms with Gasteiger partial charge in [-0.25, -0.2) is 0 Å². The van der Waals surface area contributed by atoms with Gasteiger partial charge in [0.25, 0.3) is 5.91 Å². The summed E-state index contributed by atoms with van der Waals surface area (Å²) in [5, 5.41) is 23.4. The van der Waals surface area contributed by atoms with Gasteiger partial charge in [0.15, 0.2) is 0 Å². The maximum Gasteiger partial charge on any atom is 0.251 e. The van der Waals surface area contributed by atoms with E-state index >= 15 is 0 Å². The molecule has 0 aliphatic heterocycles. The number of carbonyl (C=O) groups is 3. The van der Waals surface area contributed by atoms with Crippen molar-refractivity contribution in [1.29, 1.82) is 0 Å². The highest BCUT2D eigenvalue weighted by Crippen LogP contribution is 2.30. The molecule has 1 aliphatic carbocycles. The molecule has 1 aromatic heterocycles. The smallest absolute Gasteiger partial charge is 0.251 e. The first kappa shape index (κ1) is 39.4. The highest BCUT2D eigenvalue weighted by Gasteiger charge is 2.29. The molecule has 0 unspecified atom stereocenters. The molecular formula is C37H47Cl2N9O3. The summed E-state index contributed by atoms with van der Waals surface area (Å²) in [6.07, 6.45) is 3.61. The second-order valence-corrected chi connectivity index (χ2v) is 13.1. The number of anilines is 1. The van der Waals surface area contributed by atoms with Gasteiger partial charge in [0.1, 0.15) is 6.04 Å². The van der Waals surface area contributed by atoms with Crippen molar-refractivity contribution in [2.24, 2.45) is 17.6 Å². The van der Waals surface area contributed by atoms with Gasteiger partial charge in [0.05, 0.1) is 0 Å². The Labute approximate surface area is 310 Å². The fourth-order valence-electron chi connectivity index (χ4n) is 6.29. The topological polar surface area (TPSA) is 171 Å². The van der Waals surface area contributed by atoms with Crippen molar-refractivity contribution >= 4 is 47.4 Å². The predicted molar refractivity (Wildman–Crippen MR) is 203 cm³/mol. The molecule has 1 atom stereocenters. The minimum Gasteiger partial charge on any atom is -0.351 e. The third kappa shape index (κ3) is 10.8. The van der Waals surface area contributed by atoms with Gasteiger partial charge in [-0.1, -0.05) is 55.8 Å². The van der Waals surface area contributed by atoms with Gasteiger partial charge in [-0.15, -0.1) is 22.6 Å². The molecule has 3 amide bonds. The number of hydrogen-bond acceptors (Lipinski definition) is 8. The Morgan fingerprint density at radius 2 is 1.65 bits per heavy atom. The Morgan fingerprint density at radius 1 is 0.961 bits per heavy atom. The van der Waals surface area contributed by atoms with Crippen LogP contribution in [-0.2, 0) is 16.0 Å². The number of aromatic amines is 1. The van der Waals surface area contributed by atoms with E-state index in [1.165, 1.54) is 0 Å². The Bertz CT molecular complexity index is 1710. The van der Waals surface area contributed by atoms with Crippen molar-refractivity contribution in [1.82, 2.24) is 36.2 Å². The average molecular weight is 737 g/mol. The first-order valence-corrected chi connectivity index (χ1v) is 17.7. The van der Waals surface area contributed by atoms with Crippen LogP contribution in [0.15, 0.2) is 66.7 Å². The Morgan fingerprint density at radius 3 is 2.25 bits per heavy atom. The highest BCUT2D eigenvalue weighted by molar-refractivity contribution is 6.33. The van der Waals surface area contributed by atoms with Crippen LogP contribution >= 0.6 is 24.0 Å². The molecule has 0 spiro atoms. The highest BCUT2D eigenvalue weighted by atomic mass is 35.5. The van der Waals surface area contributed by atoms with Gasteiger partial charge >= 0.3 is 0 Å². The van der Waals surface area contributed by atoms with Crippen LogP contribution in [0.4, 0.5) is 5.69 Å². The Kier molecular flexibility index (Phi) is 14.9. The number of amides is 3. The average Bonchev–Trinajstić information content (AvgIpc) is 3.69. The van der Waals surface area contributed by atoms with Crippen LogP contribution in [0.25, 0.3) is 22.5 Å². The van der Waals surface area contributed by atoms with Crippen molar-refractivity contribution in [2.45, 2.75) is 52.0 Å². The maximum absolute atomic E-state index is 13.7. The molecule has 1 saturated carbocycles. The molecule has 1 fully saturated rings. The molecular weight excluding hydrogens is 689 g/mol. The van der Waals surface area contributed by atoms with E-state index in [0.29, 0.717) is 41.1 Å². The lowest BCUT2D eigenvalue weighted by Crippen LogP contribution is -2.48. The normalized spacial score (nSPS) is 16.2. The summed E-state index contributed by atoms with van der Waals surface area (Å²) >= 11 is 6.66. The van der Waals surface area contributed by atoms with E-state index < -0.39 is 6.04 Å². The van der Waals surface area contributed by atoms with Gasteiger partial charge in [-0.3, -0.25) is 14.4 Å². The first-order valence-electron chi connectivity index (χ1n) is 17.3.